The predicted molar refractivity (Wildman–Crippen MR) is 144 cm³/mol. The van der Waals surface area contributed by atoms with Crippen molar-refractivity contribution in [2.24, 2.45) is 0 Å². The van der Waals surface area contributed by atoms with Crippen molar-refractivity contribution in [2.75, 3.05) is 0 Å². The third-order valence-corrected chi connectivity index (χ3v) is 8.15. The molecule has 0 amide bonds. The molecule has 6 heterocycles. The zero-order chi connectivity index (χ0) is 25.3. The summed E-state index contributed by atoms with van der Waals surface area (Å²) in [6.45, 7) is 13.1. The zero-order valence-electron chi connectivity index (χ0n) is 21.8. The smallest absolute Gasteiger partial charge is 0.341 e. The van der Waals surface area contributed by atoms with Gasteiger partial charge < -0.3 is 14.7 Å². The molecule has 6 nitrogen and oxygen atoms in total. The molecule has 0 saturated carbocycles. The molecule has 3 aliphatic heterocycles. The Hall–Kier alpha value is -3.67. The van der Waals surface area contributed by atoms with Crippen LogP contribution >= 0.6 is 0 Å². The van der Waals surface area contributed by atoms with Crippen molar-refractivity contribution in [1.82, 2.24) is 19.9 Å². The normalized spacial score (nSPS) is 17.1. The molecule has 0 fully saturated rings. The van der Waals surface area contributed by atoms with Crippen LogP contribution in [0.4, 0.5) is 0 Å². The van der Waals surface area contributed by atoms with Gasteiger partial charge in [-0.3, -0.25) is 4.98 Å². The first-order valence-electron chi connectivity index (χ1n) is 12.9. The van der Waals surface area contributed by atoms with Crippen molar-refractivity contribution in [3.63, 3.8) is 0 Å². The van der Waals surface area contributed by atoms with Gasteiger partial charge in [0, 0.05) is 39.2 Å². The monoisotopic (exact) mass is 480 g/mol. The van der Waals surface area contributed by atoms with E-state index in [0.29, 0.717) is 5.57 Å². The maximum atomic E-state index is 12.8. The van der Waals surface area contributed by atoms with Crippen LogP contribution in [0.3, 0.4) is 0 Å². The lowest BCUT2D eigenvalue weighted by Crippen LogP contribution is -2.16. The molecule has 1 unspecified atom stereocenters. The number of nitrogens with one attached hydrogen (secondary N) is 2. The molecule has 0 spiro atoms. The topological polar surface area (TPSA) is 83.7 Å². The van der Waals surface area contributed by atoms with E-state index in [-0.39, 0.29) is 18.5 Å². The van der Waals surface area contributed by atoms with E-state index < -0.39 is 0 Å². The molecule has 0 saturated heterocycles. The van der Waals surface area contributed by atoms with E-state index >= 15 is 0 Å². The number of cyclic esters (lactones) is 1. The number of hydrogen-bond donors (Lipinski definition) is 2. The molecule has 3 aromatic rings. The second-order valence-corrected chi connectivity index (χ2v) is 10.2. The van der Waals surface area contributed by atoms with Crippen molar-refractivity contribution in [2.45, 2.75) is 73.3 Å². The zero-order valence-corrected chi connectivity index (χ0v) is 21.8. The van der Waals surface area contributed by atoms with Crippen molar-refractivity contribution < 1.29 is 9.53 Å². The third-order valence-electron chi connectivity index (χ3n) is 8.15. The van der Waals surface area contributed by atoms with Gasteiger partial charge in [0.05, 0.1) is 22.7 Å². The van der Waals surface area contributed by atoms with E-state index in [0.717, 1.165) is 75.2 Å². The van der Waals surface area contributed by atoms with Crippen molar-refractivity contribution in [3.05, 3.63) is 68.8 Å². The minimum absolute atomic E-state index is 0.215. The van der Waals surface area contributed by atoms with Crippen LogP contribution in [0.25, 0.3) is 33.2 Å². The van der Waals surface area contributed by atoms with Crippen molar-refractivity contribution in [1.29, 1.82) is 0 Å². The Labute approximate surface area is 210 Å². The second-order valence-electron chi connectivity index (χ2n) is 10.2. The Morgan fingerprint density at radius 2 is 1.56 bits per heavy atom. The number of ether oxygens (including phenoxy) is 1. The number of aryl methyl sites for hydroxylation is 4. The molecule has 8 bridgehead atoms. The number of esters is 1. The number of aromatic nitrogens is 4. The number of aromatic amines is 2. The van der Waals surface area contributed by atoms with Crippen LogP contribution in [0.15, 0.2) is 18.2 Å². The van der Waals surface area contributed by atoms with Crippen LogP contribution in [0.1, 0.15) is 84.2 Å². The average Bonchev–Trinajstić information content (AvgIpc) is 3.54. The van der Waals surface area contributed by atoms with E-state index in [4.69, 9.17) is 14.7 Å². The fourth-order valence-electron chi connectivity index (χ4n) is 5.98. The molecular weight excluding hydrogens is 448 g/mol. The van der Waals surface area contributed by atoms with Gasteiger partial charge in [-0.25, -0.2) is 9.78 Å². The van der Waals surface area contributed by atoms with Gasteiger partial charge in [-0.1, -0.05) is 20.8 Å². The number of rotatable bonds is 2. The highest BCUT2D eigenvalue weighted by molar-refractivity contribution is 6.26. The number of fused-ring (bicyclic) bond motifs is 8. The summed E-state index contributed by atoms with van der Waals surface area (Å²) in [5.74, 6) is -0.0288. The lowest BCUT2D eigenvalue weighted by Gasteiger charge is -2.16. The number of hydrogen-bond acceptors (Lipinski definition) is 4. The van der Waals surface area contributed by atoms with Gasteiger partial charge in [0.25, 0.3) is 0 Å². The Morgan fingerprint density at radius 1 is 0.917 bits per heavy atom. The average molecular weight is 481 g/mol. The number of allylic oxidation sites excluding steroid dienone is 1. The number of H-pyrrole nitrogens is 2. The Bertz CT molecular complexity index is 1650. The summed E-state index contributed by atoms with van der Waals surface area (Å²) >= 11 is 0. The van der Waals surface area contributed by atoms with Crippen LogP contribution in [0.2, 0.25) is 0 Å². The fraction of sp³-hybridized carbons (Fsp3) is 0.367. The molecule has 3 aromatic heterocycles. The summed E-state index contributed by atoms with van der Waals surface area (Å²) in [6.07, 6.45) is 2.66. The van der Waals surface area contributed by atoms with Crippen molar-refractivity contribution >= 4 is 39.2 Å². The SMILES string of the molecule is CCc1c(C)c2cc3[nH]c(cc4nc(c5c6nc(cc1[nH]2)C(C)=C6C(=O)OC5)CC4C)c(C)c3CC. The van der Waals surface area contributed by atoms with E-state index in [9.17, 15) is 4.79 Å². The summed E-state index contributed by atoms with van der Waals surface area (Å²) in [6, 6.07) is 6.51. The fourth-order valence-corrected chi connectivity index (χ4v) is 5.98. The van der Waals surface area contributed by atoms with Crippen LogP contribution in [-0.2, 0) is 35.4 Å². The molecule has 2 N–H and O–H groups in total. The lowest BCUT2D eigenvalue weighted by molar-refractivity contribution is -0.138. The third kappa shape index (κ3) is 3.27. The van der Waals surface area contributed by atoms with Crippen molar-refractivity contribution in [3.8, 4) is 0 Å². The Kier molecular flexibility index (Phi) is 5.18. The summed E-state index contributed by atoms with van der Waals surface area (Å²) in [7, 11) is 0. The number of carbonyl (C=O) groups is 1. The van der Waals surface area contributed by atoms with E-state index in [1.165, 1.54) is 22.3 Å². The van der Waals surface area contributed by atoms with Gasteiger partial charge in [-0.2, -0.15) is 0 Å². The molecule has 184 valence electrons. The molecule has 0 aliphatic carbocycles. The van der Waals surface area contributed by atoms with Gasteiger partial charge in [0.2, 0.25) is 0 Å². The highest BCUT2D eigenvalue weighted by Crippen LogP contribution is 2.39. The molecular formula is C30H32N4O2. The summed E-state index contributed by atoms with van der Waals surface area (Å²) in [4.78, 5) is 30.2. The highest BCUT2D eigenvalue weighted by atomic mass is 16.5. The van der Waals surface area contributed by atoms with Gasteiger partial charge in [-0.15, -0.1) is 0 Å². The van der Waals surface area contributed by atoms with Gasteiger partial charge in [0.1, 0.15) is 6.61 Å². The minimum Gasteiger partial charge on any atom is -0.457 e. The molecule has 6 heteroatoms. The summed E-state index contributed by atoms with van der Waals surface area (Å²) in [5, 5.41) is 0. The van der Waals surface area contributed by atoms with E-state index in [2.05, 4.69) is 62.8 Å². The van der Waals surface area contributed by atoms with Gasteiger partial charge in [0.15, 0.2) is 0 Å². The van der Waals surface area contributed by atoms with Crippen LogP contribution < -0.4 is 0 Å². The molecule has 0 radical (unpaired) electrons. The largest absolute Gasteiger partial charge is 0.457 e. The summed E-state index contributed by atoms with van der Waals surface area (Å²) < 4.78 is 5.63. The predicted octanol–water partition coefficient (Wildman–Crippen LogP) is 6.39. The molecule has 1 atom stereocenters. The molecule has 0 aromatic carbocycles. The van der Waals surface area contributed by atoms with Gasteiger partial charge >= 0.3 is 5.97 Å². The highest BCUT2D eigenvalue weighted by Gasteiger charge is 2.33. The Balaban J connectivity index is 1.82. The van der Waals surface area contributed by atoms with Gasteiger partial charge in [-0.05, 0) is 86.1 Å². The van der Waals surface area contributed by atoms with Crippen LogP contribution in [-0.4, -0.2) is 25.9 Å². The molecule has 36 heavy (non-hydrogen) atoms. The lowest BCUT2D eigenvalue weighted by atomic mass is 9.97. The first-order chi connectivity index (χ1) is 17.3. The number of nitrogens with zero attached hydrogens (tertiary/aromatic N) is 2. The quantitative estimate of drug-likeness (QED) is 0.416. The van der Waals surface area contributed by atoms with E-state index in [1.807, 2.05) is 6.92 Å². The maximum absolute atomic E-state index is 12.8. The van der Waals surface area contributed by atoms with E-state index in [1.54, 1.807) is 0 Å². The first-order valence-corrected chi connectivity index (χ1v) is 12.9. The second kappa shape index (κ2) is 8.19. The first kappa shape index (κ1) is 22.8. The minimum atomic E-state index is -0.299. The summed E-state index contributed by atoms with van der Waals surface area (Å²) in [5.41, 5.74) is 15.4. The standard InChI is InChI=1S/C30H32N4O2/c1-7-18-15(4)22-10-21-14(3)9-25(31-21)20-13-36-30(35)28-17(6)24(34-29(20)28)12-27-19(8-2)16(5)23(33-27)11-26(18)32-22/h10-12,14,32-33H,7-9,13H2,1-6H3. The molecule has 6 rings (SSSR count). The molecule has 3 aliphatic rings. The maximum Gasteiger partial charge on any atom is 0.341 e. The van der Waals surface area contributed by atoms with Crippen LogP contribution in [0.5, 0.6) is 0 Å². The van der Waals surface area contributed by atoms with Crippen LogP contribution in [0, 0.1) is 13.8 Å². The Morgan fingerprint density at radius 3 is 2.22 bits per heavy atom. The number of carbonyl (C=O) groups excluding carboxylic acids is 1.